The Hall–Kier alpha value is -2.09. The quantitative estimate of drug-likeness (QED) is 0.662. The van der Waals surface area contributed by atoms with Gasteiger partial charge in [-0.3, -0.25) is 9.48 Å². The topological polar surface area (TPSA) is 94.3 Å². The van der Waals surface area contributed by atoms with Crippen LogP contribution in [0.2, 0.25) is 0 Å². The van der Waals surface area contributed by atoms with Gasteiger partial charge in [-0.05, 0) is 6.92 Å². The first kappa shape index (κ1) is 15.3. The van der Waals surface area contributed by atoms with Crippen molar-refractivity contribution in [1.29, 1.82) is 0 Å². The summed E-state index contributed by atoms with van der Waals surface area (Å²) in [6.45, 7) is 1.81. The van der Waals surface area contributed by atoms with Crippen LogP contribution < -0.4 is 0 Å². The number of aryl methyl sites for hydroxylation is 2. The molecule has 0 bridgehead atoms. The molecule has 0 amide bonds. The minimum absolute atomic E-state index is 0.119. The molecule has 2 heterocycles. The van der Waals surface area contributed by atoms with Gasteiger partial charge in [0.1, 0.15) is 0 Å². The van der Waals surface area contributed by atoms with Crippen LogP contribution in [-0.2, 0) is 16.6 Å². The maximum atomic E-state index is 11.4. The predicted octanol–water partition coefficient (Wildman–Crippen LogP) is 1.63. The molecule has 0 saturated carbocycles. The van der Waals surface area contributed by atoms with Gasteiger partial charge in [-0.2, -0.15) is 5.10 Å². The van der Waals surface area contributed by atoms with Gasteiger partial charge in [-0.25, -0.2) is 9.78 Å². The van der Waals surface area contributed by atoms with Crippen LogP contribution in [0.3, 0.4) is 0 Å². The third kappa shape index (κ3) is 2.99. The highest BCUT2D eigenvalue weighted by molar-refractivity contribution is 7.99. The van der Waals surface area contributed by atoms with Crippen LogP contribution in [0.5, 0.6) is 0 Å². The number of thioether (sulfide) groups is 1. The molecule has 0 atom stereocenters. The minimum atomic E-state index is -1.05. The SMILES string of the molecule is COC(=O)CCSc1c(C(=O)O)cnc2c1c(C)nn2C. The number of carbonyl (C=O) groups excluding carboxylic acids is 1. The number of rotatable bonds is 5. The van der Waals surface area contributed by atoms with Crippen molar-refractivity contribution in [2.45, 2.75) is 18.2 Å². The van der Waals surface area contributed by atoms with E-state index in [-0.39, 0.29) is 18.0 Å². The molecule has 0 aromatic carbocycles. The summed E-state index contributed by atoms with van der Waals surface area (Å²) in [7, 11) is 3.08. The van der Waals surface area contributed by atoms with Crippen LogP contribution >= 0.6 is 11.8 Å². The Morgan fingerprint density at radius 1 is 1.48 bits per heavy atom. The number of nitrogens with zero attached hydrogens (tertiary/aromatic N) is 3. The Bertz CT molecular complexity index is 711. The zero-order valence-electron chi connectivity index (χ0n) is 11.9. The molecule has 2 rings (SSSR count). The second-order valence-electron chi connectivity index (χ2n) is 4.39. The van der Waals surface area contributed by atoms with Crippen molar-refractivity contribution in [3.05, 3.63) is 17.5 Å². The Morgan fingerprint density at radius 2 is 2.19 bits per heavy atom. The fraction of sp³-hybridized carbons (Fsp3) is 0.385. The van der Waals surface area contributed by atoms with Gasteiger partial charge in [-0.1, -0.05) is 0 Å². The molecule has 8 heteroatoms. The van der Waals surface area contributed by atoms with Gasteiger partial charge in [0, 0.05) is 23.9 Å². The summed E-state index contributed by atoms with van der Waals surface area (Å²) in [6.07, 6.45) is 1.54. The highest BCUT2D eigenvalue weighted by atomic mass is 32.2. The molecule has 0 fully saturated rings. The van der Waals surface area contributed by atoms with E-state index in [4.69, 9.17) is 0 Å². The van der Waals surface area contributed by atoms with Gasteiger partial charge in [0.2, 0.25) is 0 Å². The fourth-order valence-corrected chi connectivity index (χ4v) is 3.17. The lowest BCUT2D eigenvalue weighted by Gasteiger charge is -2.07. The normalized spacial score (nSPS) is 10.8. The molecule has 112 valence electrons. The summed E-state index contributed by atoms with van der Waals surface area (Å²) in [4.78, 5) is 27.3. The highest BCUT2D eigenvalue weighted by Crippen LogP contribution is 2.32. The molecule has 0 aliphatic heterocycles. The lowest BCUT2D eigenvalue weighted by atomic mass is 10.2. The minimum Gasteiger partial charge on any atom is -0.478 e. The van der Waals surface area contributed by atoms with Gasteiger partial charge in [-0.15, -0.1) is 11.8 Å². The average Bonchev–Trinajstić information content (AvgIpc) is 2.73. The van der Waals surface area contributed by atoms with E-state index in [9.17, 15) is 14.7 Å². The second kappa shape index (κ2) is 6.13. The summed E-state index contributed by atoms with van der Waals surface area (Å²) in [5, 5.41) is 14.3. The van der Waals surface area contributed by atoms with E-state index in [1.54, 1.807) is 18.7 Å². The van der Waals surface area contributed by atoms with E-state index in [2.05, 4.69) is 14.8 Å². The average molecular weight is 309 g/mol. The predicted molar refractivity (Wildman–Crippen MR) is 77.6 cm³/mol. The summed E-state index contributed by atoms with van der Waals surface area (Å²) in [5.41, 5.74) is 1.45. The number of hydrogen-bond acceptors (Lipinski definition) is 6. The Labute approximate surface area is 125 Å². The third-order valence-corrected chi connectivity index (χ3v) is 4.11. The van der Waals surface area contributed by atoms with Gasteiger partial charge < -0.3 is 9.84 Å². The van der Waals surface area contributed by atoms with Crippen LogP contribution in [0.4, 0.5) is 0 Å². The molecule has 0 radical (unpaired) electrons. The molecule has 0 spiro atoms. The van der Waals surface area contributed by atoms with Crippen LogP contribution in [0, 0.1) is 6.92 Å². The number of esters is 1. The molecule has 0 aliphatic carbocycles. The molecule has 0 saturated heterocycles. The molecule has 0 aliphatic rings. The Balaban J connectivity index is 2.44. The van der Waals surface area contributed by atoms with Gasteiger partial charge in [0.25, 0.3) is 0 Å². The number of carboxylic acids is 1. The number of aromatic carboxylic acids is 1. The number of carbonyl (C=O) groups is 2. The van der Waals surface area contributed by atoms with Gasteiger partial charge in [0.15, 0.2) is 5.65 Å². The fourth-order valence-electron chi connectivity index (χ4n) is 2.02. The Kier molecular flexibility index (Phi) is 4.46. The van der Waals surface area contributed by atoms with Crippen molar-refractivity contribution in [1.82, 2.24) is 14.8 Å². The molecule has 2 aromatic heterocycles. The number of methoxy groups -OCH3 is 1. The van der Waals surface area contributed by atoms with E-state index in [1.165, 1.54) is 25.1 Å². The lowest BCUT2D eigenvalue weighted by molar-refractivity contribution is -0.140. The first-order chi connectivity index (χ1) is 9.95. The smallest absolute Gasteiger partial charge is 0.338 e. The molecule has 7 nitrogen and oxygen atoms in total. The molecule has 21 heavy (non-hydrogen) atoms. The number of pyridine rings is 1. The van der Waals surface area contributed by atoms with E-state index >= 15 is 0 Å². The third-order valence-electron chi connectivity index (χ3n) is 2.99. The number of aromatic nitrogens is 3. The zero-order chi connectivity index (χ0) is 15.6. The molecule has 0 unspecified atom stereocenters. The monoisotopic (exact) mass is 309 g/mol. The number of hydrogen-bond donors (Lipinski definition) is 1. The van der Waals surface area contributed by atoms with E-state index in [1.807, 2.05) is 0 Å². The van der Waals surface area contributed by atoms with Crippen molar-refractivity contribution in [3.8, 4) is 0 Å². The van der Waals surface area contributed by atoms with Crippen LogP contribution in [0.1, 0.15) is 22.5 Å². The molecule has 1 N–H and O–H groups in total. The number of ether oxygens (including phenoxy) is 1. The van der Waals surface area contributed by atoms with E-state index in [0.717, 1.165) is 0 Å². The maximum absolute atomic E-state index is 11.4. The largest absolute Gasteiger partial charge is 0.478 e. The van der Waals surface area contributed by atoms with Gasteiger partial charge >= 0.3 is 11.9 Å². The second-order valence-corrected chi connectivity index (χ2v) is 5.49. The zero-order valence-corrected chi connectivity index (χ0v) is 12.7. The molecule has 2 aromatic rings. The summed E-state index contributed by atoms with van der Waals surface area (Å²) >= 11 is 1.30. The van der Waals surface area contributed by atoms with E-state index < -0.39 is 5.97 Å². The van der Waals surface area contributed by atoms with Crippen molar-refractivity contribution in [3.63, 3.8) is 0 Å². The maximum Gasteiger partial charge on any atom is 0.338 e. The number of carboxylic acid groups (broad SMARTS) is 1. The van der Waals surface area contributed by atoms with Gasteiger partial charge in [0.05, 0.1) is 30.2 Å². The standard InChI is InChI=1S/C13H15N3O4S/c1-7-10-11(21-5-4-9(17)20-3)8(13(18)19)6-14-12(10)16(2)15-7/h6H,4-5H2,1-3H3,(H,18,19). The summed E-state index contributed by atoms with van der Waals surface area (Å²) < 4.78 is 6.20. The van der Waals surface area contributed by atoms with Crippen molar-refractivity contribution in [2.75, 3.05) is 12.9 Å². The first-order valence-corrected chi connectivity index (χ1v) is 7.19. The number of fused-ring (bicyclic) bond motifs is 1. The van der Waals surface area contributed by atoms with E-state index in [0.29, 0.717) is 27.4 Å². The van der Waals surface area contributed by atoms with Crippen molar-refractivity contribution in [2.24, 2.45) is 7.05 Å². The lowest BCUT2D eigenvalue weighted by Crippen LogP contribution is -2.04. The van der Waals surface area contributed by atoms with Crippen molar-refractivity contribution < 1.29 is 19.4 Å². The van der Waals surface area contributed by atoms with Crippen LogP contribution in [0.25, 0.3) is 11.0 Å². The molecular formula is C13H15N3O4S. The highest BCUT2D eigenvalue weighted by Gasteiger charge is 2.19. The molecular weight excluding hydrogens is 294 g/mol. The van der Waals surface area contributed by atoms with Crippen molar-refractivity contribution >= 4 is 34.7 Å². The summed E-state index contributed by atoms with van der Waals surface area (Å²) in [6, 6.07) is 0. The summed E-state index contributed by atoms with van der Waals surface area (Å²) in [5.74, 6) is -0.943. The van der Waals surface area contributed by atoms with Crippen LogP contribution in [0.15, 0.2) is 11.1 Å². The Morgan fingerprint density at radius 3 is 2.81 bits per heavy atom. The first-order valence-electron chi connectivity index (χ1n) is 6.21. The van der Waals surface area contributed by atoms with Crippen LogP contribution in [-0.4, -0.2) is 44.7 Å².